The van der Waals surface area contributed by atoms with Crippen LogP contribution in [0.3, 0.4) is 0 Å². The first kappa shape index (κ1) is 12.5. The van der Waals surface area contributed by atoms with Gasteiger partial charge in [0.2, 0.25) is 5.91 Å². The number of carbonyl (C=O) groups is 1. The Morgan fingerprint density at radius 1 is 1.33 bits per heavy atom. The molecule has 4 N–H and O–H groups in total. The largest absolute Gasteiger partial charge is 0.353 e. The van der Waals surface area contributed by atoms with Gasteiger partial charge in [-0.3, -0.25) is 4.79 Å². The number of hydrogen-bond donors (Lipinski definition) is 3. The smallest absolute Gasteiger partial charge is 0.237 e. The topological polar surface area (TPSA) is 67.2 Å². The average molecular weight is 213 g/mol. The molecule has 1 aliphatic carbocycles. The number of rotatable bonds is 4. The maximum atomic E-state index is 11.6. The first-order valence-corrected chi connectivity index (χ1v) is 5.81. The molecule has 88 valence electrons. The summed E-state index contributed by atoms with van der Waals surface area (Å²) in [7, 11) is 0. The summed E-state index contributed by atoms with van der Waals surface area (Å²) in [6, 6.07) is 0.797. The third kappa shape index (κ3) is 4.18. The van der Waals surface area contributed by atoms with E-state index in [-0.39, 0.29) is 18.0 Å². The molecule has 0 radical (unpaired) electrons. The molecule has 0 saturated heterocycles. The lowest BCUT2D eigenvalue weighted by Gasteiger charge is -2.20. The van der Waals surface area contributed by atoms with Gasteiger partial charge in [0.1, 0.15) is 0 Å². The van der Waals surface area contributed by atoms with Crippen molar-refractivity contribution in [2.75, 3.05) is 0 Å². The minimum atomic E-state index is -0.123. The molecule has 3 atom stereocenters. The molecule has 0 heterocycles. The molecule has 0 aromatic carbocycles. The molecule has 0 aromatic heterocycles. The van der Waals surface area contributed by atoms with Gasteiger partial charge in [0, 0.05) is 18.1 Å². The van der Waals surface area contributed by atoms with Crippen molar-refractivity contribution in [3.63, 3.8) is 0 Å². The second-order valence-electron chi connectivity index (χ2n) is 4.82. The van der Waals surface area contributed by atoms with E-state index in [2.05, 4.69) is 10.6 Å². The Morgan fingerprint density at radius 3 is 2.47 bits per heavy atom. The van der Waals surface area contributed by atoms with Crippen LogP contribution in [0.5, 0.6) is 0 Å². The van der Waals surface area contributed by atoms with Crippen LogP contribution >= 0.6 is 0 Å². The minimum absolute atomic E-state index is 0.0745. The molecule has 1 saturated carbocycles. The van der Waals surface area contributed by atoms with E-state index < -0.39 is 0 Å². The SMILES string of the molecule is CC(C)NC(=O)C(C)NC1CCC(N)C1. The van der Waals surface area contributed by atoms with Crippen molar-refractivity contribution in [3.8, 4) is 0 Å². The monoisotopic (exact) mass is 213 g/mol. The molecule has 4 heteroatoms. The molecule has 1 amide bonds. The number of nitrogens with one attached hydrogen (secondary N) is 2. The van der Waals surface area contributed by atoms with E-state index in [1.807, 2.05) is 20.8 Å². The second-order valence-corrected chi connectivity index (χ2v) is 4.82. The Kier molecular flexibility index (Phi) is 4.54. The Morgan fingerprint density at radius 2 is 2.00 bits per heavy atom. The van der Waals surface area contributed by atoms with E-state index in [0.717, 1.165) is 19.3 Å². The van der Waals surface area contributed by atoms with Crippen LogP contribution in [0.4, 0.5) is 0 Å². The summed E-state index contributed by atoms with van der Waals surface area (Å²) in [5.74, 6) is 0.0745. The predicted molar refractivity (Wildman–Crippen MR) is 61.5 cm³/mol. The zero-order valence-electron chi connectivity index (χ0n) is 9.92. The first-order chi connectivity index (χ1) is 6.99. The fourth-order valence-electron chi connectivity index (χ4n) is 2.01. The summed E-state index contributed by atoms with van der Waals surface area (Å²) in [6.45, 7) is 5.84. The van der Waals surface area contributed by atoms with Gasteiger partial charge in [-0.1, -0.05) is 0 Å². The molecular weight excluding hydrogens is 190 g/mol. The van der Waals surface area contributed by atoms with E-state index >= 15 is 0 Å². The highest BCUT2D eigenvalue weighted by Crippen LogP contribution is 2.17. The van der Waals surface area contributed by atoms with Crippen LogP contribution in [0.15, 0.2) is 0 Å². The standard InChI is InChI=1S/C11H23N3O/c1-7(2)13-11(15)8(3)14-10-5-4-9(12)6-10/h7-10,14H,4-6,12H2,1-3H3,(H,13,15). The van der Waals surface area contributed by atoms with Crippen molar-refractivity contribution >= 4 is 5.91 Å². The van der Waals surface area contributed by atoms with Crippen molar-refractivity contribution in [2.24, 2.45) is 5.73 Å². The summed E-state index contributed by atoms with van der Waals surface area (Å²) >= 11 is 0. The summed E-state index contributed by atoms with van der Waals surface area (Å²) in [5, 5.41) is 6.22. The maximum Gasteiger partial charge on any atom is 0.237 e. The van der Waals surface area contributed by atoms with E-state index in [1.54, 1.807) is 0 Å². The molecular formula is C11H23N3O. The van der Waals surface area contributed by atoms with Gasteiger partial charge in [0.05, 0.1) is 6.04 Å². The predicted octanol–water partition coefficient (Wildman–Crippen LogP) is 0.369. The first-order valence-electron chi connectivity index (χ1n) is 5.81. The van der Waals surface area contributed by atoms with Crippen molar-refractivity contribution < 1.29 is 4.79 Å². The maximum absolute atomic E-state index is 11.6. The third-order valence-corrected chi connectivity index (χ3v) is 2.78. The highest BCUT2D eigenvalue weighted by atomic mass is 16.2. The normalized spacial score (nSPS) is 28.1. The van der Waals surface area contributed by atoms with Gasteiger partial charge in [-0.2, -0.15) is 0 Å². The fourth-order valence-corrected chi connectivity index (χ4v) is 2.01. The molecule has 3 unspecified atom stereocenters. The molecule has 4 nitrogen and oxygen atoms in total. The van der Waals surface area contributed by atoms with Gasteiger partial charge < -0.3 is 16.4 Å². The van der Waals surface area contributed by atoms with E-state index in [0.29, 0.717) is 12.1 Å². The zero-order valence-corrected chi connectivity index (χ0v) is 9.92. The number of nitrogens with two attached hydrogens (primary N) is 1. The molecule has 1 rings (SSSR count). The molecule has 0 bridgehead atoms. The van der Waals surface area contributed by atoms with Crippen molar-refractivity contribution in [1.82, 2.24) is 10.6 Å². The Hall–Kier alpha value is -0.610. The highest BCUT2D eigenvalue weighted by Gasteiger charge is 2.24. The summed E-state index contributed by atoms with van der Waals surface area (Å²) in [4.78, 5) is 11.6. The van der Waals surface area contributed by atoms with Crippen molar-refractivity contribution in [2.45, 2.75) is 64.2 Å². The van der Waals surface area contributed by atoms with Gasteiger partial charge in [0.15, 0.2) is 0 Å². The van der Waals surface area contributed by atoms with Gasteiger partial charge >= 0.3 is 0 Å². The second kappa shape index (κ2) is 5.47. The van der Waals surface area contributed by atoms with Gasteiger partial charge in [0.25, 0.3) is 0 Å². The van der Waals surface area contributed by atoms with E-state index in [1.165, 1.54) is 0 Å². The molecule has 15 heavy (non-hydrogen) atoms. The zero-order chi connectivity index (χ0) is 11.4. The van der Waals surface area contributed by atoms with Crippen LogP contribution in [0, 0.1) is 0 Å². The Labute approximate surface area is 92.0 Å². The van der Waals surface area contributed by atoms with Crippen LogP contribution in [-0.4, -0.2) is 30.1 Å². The lowest BCUT2D eigenvalue weighted by molar-refractivity contribution is -0.123. The molecule has 1 fully saturated rings. The minimum Gasteiger partial charge on any atom is -0.353 e. The van der Waals surface area contributed by atoms with Gasteiger partial charge in [-0.25, -0.2) is 0 Å². The van der Waals surface area contributed by atoms with E-state index in [4.69, 9.17) is 5.73 Å². The molecule has 0 spiro atoms. The summed E-state index contributed by atoms with van der Waals surface area (Å²) < 4.78 is 0. The van der Waals surface area contributed by atoms with Crippen LogP contribution in [0.25, 0.3) is 0 Å². The lowest BCUT2D eigenvalue weighted by atomic mass is 10.2. The number of carbonyl (C=O) groups excluding carboxylic acids is 1. The molecule has 0 aromatic rings. The fraction of sp³-hybridized carbons (Fsp3) is 0.909. The Bertz CT molecular complexity index is 218. The number of amides is 1. The van der Waals surface area contributed by atoms with Crippen LogP contribution in [0.2, 0.25) is 0 Å². The van der Waals surface area contributed by atoms with Crippen LogP contribution in [0.1, 0.15) is 40.0 Å². The van der Waals surface area contributed by atoms with Crippen LogP contribution in [-0.2, 0) is 4.79 Å². The van der Waals surface area contributed by atoms with Gasteiger partial charge in [-0.15, -0.1) is 0 Å². The van der Waals surface area contributed by atoms with E-state index in [9.17, 15) is 4.79 Å². The van der Waals surface area contributed by atoms with Crippen molar-refractivity contribution in [1.29, 1.82) is 0 Å². The number of hydrogen-bond acceptors (Lipinski definition) is 3. The quantitative estimate of drug-likeness (QED) is 0.632. The molecule has 0 aliphatic heterocycles. The van der Waals surface area contributed by atoms with Crippen LogP contribution < -0.4 is 16.4 Å². The Balaban J connectivity index is 2.28. The average Bonchev–Trinajstić information content (AvgIpc) is 2.50. The van der Waals surface area contributed by atoms with Gasteiger partial charge in [-0.05, 0) is 40.0 Å². The third-order valence-electron chi connectivity index (χ3n) is 2.78. The molecule has 1 aliphatic rings. The lowest BCUT2D eigenvalue weighted by Crippen LogP contribution is -2.47. The summed E-state index contributed by atoms with van der Waals surface area (Å²) in [5.41, 5.74) is 5.82. The van der Waals surface area contributed by atoms with Crippen molar-refractivity contribution in [3.05, 3.63) is 0 Å². The summed E-state index contributed by atoms with van der Waals surface area (Å²) in [6.07, 6.45) is 3.13. The highest BCUT2D eigenvalue weighted by molar-refractivity contribution is 5.81.